The third-order valence-corrected chi connectivity index (χ3v) is 8.28. The number of aliphatic hydroxyl groups excluding tert-OH is 1. The number of benzene rings is 2. The van der Waals surface area contributed by atoms with Crippen molar-refractivity contribution in [1.82, 2.24) is 4.90 Å². The van der Waals surface area contributed by atoms with Crippen LogP contribution in [0.3, 0.4) is 0 Å². The van der Waals surface area contributed by atoms with Crippen LogP contribution in [0.1, 0.15) is 48.4 Å². The normalized spacial score (nSPS) is 19.4. The van der Waals surface area contributed by atoms with E-state index in [0.29, 0.717) is 16.7 Å². The van der Waals surface area contributed by atoms with E-state index in [4.69, 9.17) is 0 Å². The molecule has 2 aromatic rings. The van der Waals surface area contributed by atoms with Gasteiger partial charge in [0.15, 0.2) is 0 Å². The van der Waals surface area contributed by atoms with E-state index in [2.05, 4.69) is 4.90 Å². The van der Waals surface area contributed by atoms with Gasteiger partial charge in [-0.3, -0.25) is 0 Å². The van der Waals surface area contributed by atoms with E-state index >= 15 is 0 Å². The fourth-order valence-corrected chi connectivity index (χ4v) is 6.07. The van der Waals surface area contributed by atoms with Crippen LogP contribution < -0.4 is 0 Å². The maximum absolute atomic E-state index is 13.0. The van der Waals surface area contributed by atoms with Gasteiger partial charge in [0.2, 0.25) is 9.84 Å². The van der Waals surface area contributed by atoms with Gasteiger partial charge in [-0.15, -0.1) is 0 Å². The van der Waals surface area contributed by atoms with Crippen LogP contribution in [0, 0.1) is 0 Å². The number of fused-ring (bicyclic) bond motifs is 1. The van der Waals surface area contributed by atoms with Gasteiger partial charge in [0, 0.05) is 24.2 Å². The first kappa shape index (κ1) is 23.0. The number of hydrogen-bond acceptors (Lipinski definition) is 4. The number of halogens is 3. The molecular weight excluding hydrogens is 439 g/mol. The molecule has 2 aromatic carbocycles. The van der Waals surface area contributed by atoms with Crippen molar-refractivity contribution >= 4 is 15.4 Å². The smallest absolute Gasteiger partial charge is 0.393 e. The van der Waals surface area contributed by atoms with Crippen LogP contribution in [0.15, 0.2) is 52.3 Å². The van der Waals surface area contributed by atoms with Gasteiger partial charge in [0.25, 0.3) is 0 Å². The Labute approximate surface area is 186 Å². The molecular formula is C24H26F3NO3S. The van der Waals surface area contributed by atoms with Crippen LogP contribution in [0.2, 0.25) is 0 Å². The average Bonchev–Trinajstić information content (AvgIpc) is 2.95. The standard InChI is InChI=1S/C24H26F3NO3S/c1-16-23(18-5-7-19(8-6-18)24(25,26)27)21-9-4-17(15-22(21)32(16,30)31)3-2-12-28-13-10-20(29)11-14-28/h4-9,15,20,29H,2-3,10-14H2,1H3. The Kier molecular flexibility index (Phi) is 6.22. The highest BCUT2D eigenvalue weighted by Gasteiger charge is 2.35. The summed E-state index contributed by atoms with van der Waals surface area (Å²) in [5.41, 5.74) is 1.62. The maximum atomic E-state index is 13.0. The summed E-state index contributed by atoms with van der Waals surface area (Å²) in [6, 6.07) is 9.99. The van der Waals surface area contributed by atoms with Crippen molar-refractivity contribution in [2.24, 2.45) is 0 Å². The molecule has 0 saturated carbocycles. The van der Waals surface area contributed by atoms with E-state index in [1.165, 1.54) is 19.1 Å². The summed E-state index contributed by atoms with van der Waals surface area (Å²) in [6.45, 7) is 4.15. The lowest BCUT2D eigenvalue weighted by Gasteiger charge is -2.29. The molecule has 0 bridgehead atoms. The molecule has 172 valence electrons. The molecule has 0 spiro atoms. The van der Waals surface area contributed by atoms with E-state index in [1.807, 2.05) is 6.07 Å². The molecule has 1 saturated heterocycles. The zero-order chi connectivity index (χ0) is 23.1. The van der Waals surface area contributed by atoms with Gasteiger partial charge in [-0.1, -0.05) is 24.3 Å². The molecule has 1 fully saturated rings. The Morgan fingerprint density at radius 3 is 2.34 bits per heavy atom. The summed E-state index contributed by atoms with van der Waals surface area (Å²) < 4.78 is 64.7. The second-order valence-corrected chi connectivity index (χ2v) is 10.6. The number of nitrogens with zero attached hydrogens (tertiary/aromatic N) is 1. The average molecular weight is 466 g/mol. The number of aryl methyl sites for hydroxylation is 1. The molecule has 4 nitrogen and oxygen atoms in total. The minimum atomic E-state index is -4.44. The largest absolute Gasteiger partial charge is 0.416 e. The molecule has 1 N–H and O–H groups in total. The lowest BCUT2D eigenvalue weighted by Crippen LogP contribution is -2.36. The predicted molar refractivity (Wildman–Crippen MR) is 117 cm³/mol. The van der Waals surface area contributed by atoms with Crippen molar-refractivity contribution in [2.45, 2.75) is 49.8 Å². The molecule has 32 heavy (non-hydrogen) atoms. The van der Waals surface area contributed by atoms with E-state index in [-0.39, 0.29) is 15.9 Å². The molecule has 0 atom stereocenters. The van der Waals surface area contributed by atoms with Gasteiger partial charge in [-0.05, 0) is 68.5 Å². The Bertz CT molecular complexity index is 1130. The Morgan fingerprint density at radius 2 is 1.72 bits per heavy atom. The minimum absolute atomic E-state index is 0.163. The van der Waals surface area contributed by atoms with E-state index in [0.717, 1.165) is 63.0 Å². The zero-order valence-electron chi connectivity index (χ0n) is 17.8. The molecule has 0 unspecified atom stereocenters. The molecule has 0 amide bonds. The highest BCUT2D eigenvalue weighted by Crippen LogP contribution is 2.43. The van der Waals surface area contributed by atoms with Gasteiger partial charge >= 0.3 is 6.18 Å². The third kappa shape index (κ3) is 4.49. The number of likely N-dealkylation sites (tertiary alicyclic amines) is 1. The molecule has 8 heteroatoms. The second kappa shape index (κ2) is 8.65. The first-order valence-electron chi connectivity index (χ1n) is 10.7. The molecule has 0 radical (unpaired) electrons. The summed E-state index contributed by atoms with van der Waals surface area (Å²) in [5.74, 6) is 0. The van der Waals surface area contributed by atoms with Crippen molar-refractivity contribution in [2.75, 3.05) is 19.6 Å². The van der Waals surface area contributed by atoms with Gasteiger partial charge in [-0.25, -0.2) is 8.42 Å². The van der Waals surface area contributed by atoms with Gasteiger partial charge < -0.3 is 10.0 Å². The number of hydrogen-bond donors (Lipinski definition) is 1. The van der Waals surface area contributed by atoms with Gasteiger partial charge in [0.05, 0.1) is 21.5 Å². The predicted octanol–water partition coefficient (Wildman–Crippen LogP) is 4.66. The summed E-state index contributed by atoms with van der Waals surface area (Å²) in [4.78, 5) is 2.70. The molecule has 2 aliphatic heterocycles. The molecule has 0 aromatic heterocycles. The summed E-state index contributed by atoms with van der Waals surface area (Å²) in [6.07, 6.45) is -1.46. The molecule has 2 aliphatic rings. The topological polar surface area (TPSA) is 57.6 Å². The molecule has 4 rings (SSSR count). The number of allylic oxidation sites excluding steroid dienone is 1. The van der Waals surface area contributed by atoms with E-state index in [9.17, 15) is 26.7 Å². The number of rotatable bonds is 5. The summed E-state index contributed by atoms with van der Waals surface area (Å²) in [5, 5.41) is 9.61. The monoisotopic (exact) mass is 465 g/mol. The Balaban J connectivity index is 1.53. The quantitative estimate of drug-likeness (QED) is 0.698. The van der Waals surface area contributed by atoms with Crippen LogP contribution in [0.4, 0.5) is 13.2 Å². The highest BCUT2D eigenvalue weighted by atomic mass is 32.2. The summed E-state index contributed by atoms with van der Waals surface area (Å²) in [7, 11) is -3.68. The fraction of sp³-hybridized carbons (Fsp3) is 0.417. The lowest BCUT2D eigenvalue weighted by molar-refractivity contribution is -0.137. The van der Waals surface area contributed by atoms with Crippen LogP contribution in [0.25, 0.3) is 5.57 Å². The SMILES string of the molecule is CC1=C(c2ccc(C(F)(F)F)cc2)c2ccc(CCCN3CCC(O)CC3)cc2S1(=O)=O. The maximum Gasteiger partial charge on any atom is 0.416 e. The lowest BCUT2D eigenvalue weighted by atomic mass is 9.95. The van der Waals surface area contributed by atoms with Gasteiger partial charge in [-0.2, -0.15) is 13.2 Å². The van der Waals surface area contributed by atoms with Crippen LogP contribution in [0.5, 0.6) is 0 Å². The first-order chi connectivity index (χ1) is 15.1. The minimum Gasteiger partial charge on any atom is -0.393 e. The van der Waals surface area contributed by atoms with Crippen molar-refractivity contribution < 1.29 is 26.7 Å². The highest BCUT2D eigenvalue weighted by molar-refractivity contribution is 7.95. The summed E-state index contributed by atoms with van der Waals surface area (Å²) >= 11 is 0. The molecule has 0 aliphatic carbocycles. The fourth-order valence-electron chi connectivity index (χ4n) is 4.47. The van der Waals surface area contributed by atoms with Crippen LogP contribution in [-0.2, 0) is 22.4 Å². The van der Waals surface area contributed by atoms with Crippen molar-refractivity contribution in [3.05, 3.63) is 69.6 Å². The number of alkyl halides is 3. The first-order valence-corrected chi connectivity index (χ1v) is 12.2. The van der Waals surface area contributed by atoms with E-state index < -0.39 is 21.6 Å². The van der Waals surface area contributed by atoms with Crippen LogP contribution in [-0.4, -0.2) is 44.2 Å². The molecule has 2 heterocycles. The number of aliphatic hydroxyl groups is 1. The number of piperidine rings is 1. The number of sulfone groups is 1. The Morgan fingerprint density at radius 1 is 1.06 bits per heavy atom. The van der Waals surface area contributed by atoms with Crippen molar-refractivity contribution in [1.29, 1.82) is 0 Å². The second-order valence-electron chi connectivity index (χ2n) is 8.52. The Hall–Kier alpha value is -2.16. The van der Waals surface area contributed by atoms with E-state index in [1.54, 1.807) is 12.1 Å². The third-order valence-electron chi connectivity index (χ3n) is 6.36. The zero-order valence-corrected chi connectivity index (χ0v) is 18.6. The van der Waals surface area contributed by atoms with Crippen molar-refractivity contribution in [3.63, 3.8) is 0 Å². The van der Waals surface area contributed by atoms with Crippen molar-refractivity contribution in [3.8, 4) is 0 Å². The van der Waals surface area contributed by atoms with Gasteiger partial charge in [0.1, 0.15) is 0 Å². The van der Waals surface area contributed by atoms with Crippen LogP contribution >= 0.6 is 0 Å².